The summed E-state index contributed by atoms with van der Waals surface area (Å²) >= 11 is 0. The minimum Gasteiger partial charge on any atom is -0.496 e. The van der Waals surface area contributed by atoms with Gasteiger partial charge in [0.2, 0.25) is 0 Å². The molecule has 0 saturated carbocycles. The lowest BCUT2D eigenvalue weighted by Crippen LogP contribution is -2.52. The molecule has 0 aliphatic carbocycles. The lowest BCUT2D eigenvalue weighted by molar-refractivity contribution is 0.0499. The van der Waals surface area contributed by atoms with Gasteiger partial charge in [-0.15, -0.1) is 0 Å². The molecule has 0 unspecified atom stereocenters. The van der Waals surface area contributed by atoms with Crippen LogP contribution in [0.3, 0.4) is 0 Å². The van der Waals surface area contributed by atoms with Gasteiger partial charge < -0.3 is 19.7 Å². The number of benzene rings is 2. The van der Waals surface area contributed by atoms with E-state index in [2.05, 4.69) is 34.9 Å². The Balaban J connectivity index is 1.65. The van der Waals surface area contributed by atoms with Crippen LogP contribution in [0.5, 0.6) is 11.5 Å². The second kappa shape index (κ2) is 11.5. The Hall–Kier alpha value is -2.12. The van der Waals surface area contributed by atoms with E-state index in [0.29, 0.717) is 12.6 Å². The number of aliphatic hydroxyl groups excluding tert-OH is 2. The molecule has 1 heterocycles. The van der Waals surface area contributed by atoms with Crippen LogP contribution in [-0.2, 0) is 19.7 Å². The highest BCUT2D eigenvalue weighted by Crippen LogP contribution is 2.24. The minimum atomic E-state index is -0.0225. The second-order valence-electron chi connectivity index (χ2n) is 8.21. The molecule has 2 aromatic rings. The van der Waals surface area contributed by atoms with Gasteiger partial charge in [0.25, 0.3) is 0 Å². The van der Waals surface area contributed by atoms with E-state index in [1.807, 2.05) is 25.1 Å². The van der Waals surface area contributed by atoms with Crippen molar-refractivity contribution in [3.05, 3.63) is 58.7 Å². The summed E-state index contributed by atoms with van der Waals surface area (Å²) in [7, 11) is 1.70. The normalized spacial score (nSPS) is 17.6. The average Bonchev–Trinajstić information content (AvgIpc) is 2.77. The third kappa shape index (κ3) is 6.20. The molecule has 2 aromatic carbocycles. The van der Waals surface area contributed by atoms with Crippen molar-refractivity contribution in [2.75, 3.05) is 40.0 Å². The van der Waals surface area contributed by atoms with E-state index >= 15 is 0 Å². The first-order chi connectivity index (χ1) is 15.1. The fourth-order valence-corrected chi connectivity index (χ4v) is 4.41. The fraction of sp³-hybridized carbons (Fsp3) is 0.520. The van der Waals surface area contributed by atoms with Gasteiger partial charge in [-0.05, 0) is 55.2 Å². The number of aliphatic hydroxyl groups is 2. The average molecular weight is 429 g/mol. The first-order valence-corrected chi connectivity index (χ1v) is 11.1. The maximum atomic E-state index is 9.68. The molecular weight excluding hydrogens is 392 g/mol. The zero-order valence-electron chi connectivity index (χ0n) is 19.0. The SMILES string of the molecule is CCOc1ccc(CN2CCN(Cc3ccc(OC)c(C)c3)[C@H](CCO)C2)cc1CO. The summed E-state index contributed by atoms with van der Waals surface area (Å²) in [5.41, 5.74) is 4.43. The molecule has 0 bridgehead atoms. The van der Waals surface area contributed by atoms with E-state index in [9.17, 15) is 10.2 Å². The van der Waals surface area contributed by atoms with Gasteiger partial charge in [-0.25, -0.2) is 0 Å². The van der Waals surface area contributed by atoms with Gasteiger partial charge in [-0.2, -0.15) is 0 Å². The van der Waals surface area contributed by atoms with Crippen LogP contribution in [0.4, 0.5) is 0 Å². The van der Waals surface area contributed by atoms with Crippen molar-refractivity contribution < 1.29 is 19.7 Å². The molecule has 2 N–H and O–H groups in total. The van der Waals surface area contributed by atoms with Crippen LogP contribution in [0.2, 0.25) is 0 Å². The number of nitrogens with zero attached hydrogens (tertiary/aromatic N) is 2. The lowest BCUT2D eigenvalue weighted by Gasteiger charge is -2.41. The van der Waals surface area contributed by atoms with Crippen molar-refractivity contribution in [1.29, 1.82) is 0 Å². The summed E-state index contributed by atoms with van der Waals surface area (Å²) in [5.74, 6) is 1.67. The van der Waals surface area contributed by atoms with Gasteiger partial charge in [-0.1, -0.05) is 18.2 Å². The van der Waals surface area contributed by atoms with Crippen LogP contribution in [0.1, 0.15) is 35.6 Å². The number of aryl methyl sites for hydroxylation is 1. The topological polar surface area (TPSA) is 65.4 Å². The molecule has 1 aliphatic rings. The van der Waals surface area contributed by atoms with Crippen molar-refractivity contribution in [1.82, 2.24) is 9.80 Å². The van der Waals surface area contributed by atoms with Crippen molar-refractivity contribution in [2.24, 2.45) is 0 Å². The predicted octanol–water partition coefficient (Wildman–Crippen LogP) is 2.96. The summed E-state index contributed by atoms with van der Waals surface area (Å²) < 4.78 is 11.0. The van der Waals surface area contributed by atoms with Crippen LogP contribution in [0, 0.1) is 6.92 Å². The highest BCUT2D eigenvalue weighted by Gasteiger charge is 2.27. The third-order valence-electron chi connectivity index (χ3n) is 6.00. The first kappa shape index (κ1) is 23.5. The molecule has 3 rings (SSSR count). The molecule has 6 nitrogen and oxygen atoms in total. The number of methoxy groups -OCH3 is 1. The standard InChI is InChI=1S/C25H36N2O4/c1-4-31-25-8-6-21(14-22(25)18-29)15-26-10-11-27(23(17-26)9-12-28)16-20-5-7-24(30-3)19(2)13-20/h5-8,13-14,23,28-29H,4,9-12,15-18H2,1-3H3/t23-/m1/s1. The molecule has 1 aliphatic heterocycles. The zero-order chi connectivity index (χ0) is 22.2. The summed E-state index contributed by atoms with van der Waals surface area (Å²) in [5, 5.41) is 19.3. The molecule has 1 atom stereocenters. The molecule has 0 aromatic heterocycles. The van der Waals surface area contributed by atoms with Crippen molar-refractivity contribution in [3.63, 3.8) is 0 Å². The molecule has 0 spiro atoms. The zero-order valence-corrected chi connectivity index (χ0v) is 19.0. The van der Waals surface area contributed by atoms with E-state index < -0.39 is 0 Å². The number of piperazine rings is 1. The summed E-state index contributed by atoms with van der Waals surface area (Å²) in [6, 6.07) is 12.7. The van der Waals surface area contributed by atoms with Crippen molar-refractivity contribution in [3.8, 4) is 11.5 Å². The van der Waals surface area contributed by atoms with Crippen LogP contribution in [0.25, 0.3) is 0 Å². The highest BCUT2D eigenvalue weighted by atomic mass is 16.5. The van der Waals surface area contributed by atoms with Gasteiger partial charge in [0.05, 0.1) is 20.3 Å². The third-order valence-corrected chi connectivity index (χ3v) is 6.00. The van der Waals surface area contributed by atoms with E-state index in [0.717, 1.165) is 61.8 Å². The van der Waals surface area contributed by atoms with E-state index in [1.165, 1.54) is 11.1 Å². The quantitative estimate of drug-likeness (QED) is 0.607. The minimum absolute atomic E-state index is 0.0225. The molecule has 1 saturated heterocycles. The molecular formula is C25H36N2O4. The van der Waals surface area contributed by atoms with Gasteiger partial charge in [0, 0.05) is 50.9 Å². The highest BCUT2D eigenvalue weighted by molar-refractivity contribution is 5.37. The number of ether oxygens (including phenoxy) is 2. The molecule has 6 heteroatoms. The van der Waals surface area contributed by atoms with Crippen LogP contribution >= 0.6 is 0 Å². The Morgan fingerprint density at radius 3 is 2.39 bits per heavy atom. The molecule has 31 heavy (non-hydrogen) atoms. The number of hydrogen-bond donors (Lipinski definition) is 2. The van der Waals surface area contributed by atoms with Crippen molar-refractivity contribution >= 4 is 0 Å². The van der Waals surface area contributed by atoms with Crippen LogP contribution in [-0.4, -0.2) is 66.0 Å². The van der Waals surface area contributed by atoms with Gasteiger partial charge >= 0.3 is 0 Å². The van der Waals surface area contributed by atoms with Gasteiger partial charge in [0.15, 0.2) is 0 Å². The Kier molecular flexibility index (Phi) is 8.72. The van der Waals surface area contributed by atoms with E-state index in [4.69, 9.17) is 9.47 Å². The predicted molar refractivity (Wildman–Crippen MR) is 122 cm³/mol. The largest absolute Gasteiger partial charge is 0.496 e. The maximum absolute atomic E-state index is 9.68. The number of rotatable bonds is 10. The van der Waals surface area contributed by atoms with Crippen LogP contribution < -0.4 is 9.47 Å². The lowest BCUT2D eigenvalue weighted by atomic mass is 10.0. The Labute approximate surface area is 186 Å². The van der Waals surface area contributed by atoms with E-state index in [-0.39, 0.29) is 13.2 Å². The van der Waals surface area contributed by atoms with Crippen molar-refractivity contribution in [2.45, 2.75) is 46.0 Å². The molecule has 0 radical (unpaired) electrons. The first-order valence-electron chi connectivity index (χ1n) is 11.1. The van der Waals surface area contributed by atoms with Gasteiger partial charge in [-0.3, -0.25) is 9.80 Å². The fourth-order valence-electron chi connectivity index (χ4n) is 4.41. The Bertz CT molecular complexity index is 842. The van der Waals surface area contributed by atoms with E-state index in [1.54, 1.807) is 7.11 Å². The second-order valence-corrected chi connectivity index (χ2v) is 8.21. The Morgan fingerprint density at radius 1 is 1.00 bits per heavy atom. The smallest absolute Gasteiger partial charge is 0.124 e. The maximum Gasteiger partial charge on any atom is 0.124 e. The monoisotopic (exact) mass is 428 g/mol. The number of hydrogen-bond acceptors (Lipinski definition) is 6. The van der Waals surface area contributed by atoms with Crippen LogP contribution in [0.15, 0.2) is 36.4 Å². The summed E-state index contributed by atoms with van der Waals surface area (Å²) in [6.45, 7) is 9.32. The summed E-state index contributed by atoms with van der Waals surface area (Å²) in [4.78, 5) is 4.91. The Morgan fingerprint density at radius 2 is 1.74 bits per heavy atom. The molecule has 1 fully saturated rings. The summed E-state index contributed by atoms with van der Waals surface area (Å²) in [6.07, 6.45) is 0.761. The van der Waals surface area contributed by atoms with Gasteiger partial charge in [0.1, 0.15) is 11.5 Å². The molecule has 0 amide bonds. The molecule has 170 valence electrons.